The number of hydrogen-bond donors (Lipinski definition) is 2. The fourth-order valence-electron chi connectivity index (χ4n) is 2.94. The van der Waals surface area contributed by atoms with E-state index in [0.29, 0.717) is 23.3 Å². The van der Waals surface area contributed by atoms with Gasteiger partial charge in [0, 0.05) is 19.2 Å². The molecule has 0 unspecified atom stereocenters. The number of carbonyl (C=O) groups is 2. The lowest BCUT2D eigenvalue weighted by Crippen LogP contribution is -2.65. The molecular formula is C15H16N2O4. The molecule has 2 N–H and O–H groups in total. The first-order chi connectivity index (χ1) is 10.0. The van der Waals surface area contributed by atoms with Crippen LogP contribution >= 0.6 is 0 Å². The first-order valence-electron chi connectivity index (χ1n) is 6.68. The molecule has 1 fully saturated rings. The number of likely N-dealkylation sites (tertiary alicyclic amines) is 1. The fourth-order valence-corrected chi connectivity index (χ4v) is 2.94. The largest absolute Gasteiger partial charge is 0.483 e. The van der Waals surface area contributed by atoms with Crippen LogP contribution in [0.2, 0.25) is 0 Å². The molecule has 2 aliphatic rings. The van der Waals surface area contributed by atoms with E-state index in [1.165, 1.54) is 17.6 Å². The van der Waals surface area contributed by atoms with E-state index in [0.717, 1.165) is 13.1 Å². The summed E-state index contributed by atoms with van der Waals surface area (Å²) in [4.78, 5) is 25.4. The number of benzene rings is 1. The van der Waals surface area contributed by atoms with Crippen molar-refractivity contribution < 1.29 is 19.5 Å². The minimum atomic E-state index is -0.619. The Balaban J connectivity index is 1.84. The van der Waals surface area contributed by atoms with Gasteiger partial charge in [-0.2, -0.15) is 0 Å². The van der Waals surface area contributed by atoms with Crippen molar-refractivity contribution in [3.05, 3.63) is 35.4 Å². The van der Waals surface area contributed by atoms with E-state index >= 15 is 0 Å². The Hall–Kier alpha value is -2.18. The molecule has 1 amide bonds. The van der Waals surface area contributed by atoms with Crippen LogP contribution in [-0.2, 0) is 4.79 Å². The van der Waals surface area contributed by atoms with E-state index in [-0.39, 0.29) is 11.4 Å². The molecule has 6 heteroatoms. The topological polar surface area (TPSA) is 78.9 Å². The average Bonchev–Trinajstić information content (AvgIpc) is 2.43. The summed E-state index contributed by atoms with van der Waals surface area (Å²) in [6.45, 7) is 1.52. The summed E-state index contributed by atoms with van der Waals surface area (Å²) in [5, 5.41) is 8.43. The molecule has 21 heavy (non-hydrogen) atoms. The van der Waals surface area contributed by atoms with Gasteiger partial charge in [0.25, 0.3) is 5.91 Å². The highest BCUT2D eigenvalue weighted by atomic mass is 16.5. The molecule has 1 aromatic rings. The van der Waals surface area contributed by atoms with Crippen LogP contribution in [0.4, 0.5) is 0 Å². The van der Waals surface area contributed by atoms with Gasteiger partial charge in [0.2, 0.25) is 0 Å². The molecule has 0 saturated carbocycles. The number of fused-ring (bicyclic) bond motifs is 1. The van der Waals surface area contributed by atoms with Crippen molar-refractivity contribution >= 4 is 17.8 Å². The number of carbonyl (C=O) groups excluding carboxylic acids is 2. The Labute approximate surface area is 122 Å². The molecule has 0 aliphatic carbocycles. The Morgan fingerprint density at radius 3 is 2.90 bits per heavy atom. The predicted octanol–water partition coefficient (Wildman–Crippen LogP) is 0.855. The summed E-state index contributed by atoms with van der Waals surface area (Å²) in [6.07, 6.45) is 3.10. The smallest absolute Gasteiger partial charge is 0.267 e. The van der Waals surface area contributed by atoms with Crippen LogP contribution in [0.25, 0.3) is 6.08 Å². The van der Waals surface area contributed by atoms with Crippen molar-refractivity contribution in [3.63, 3.8) is 0 Å². The van der Waals surface area contributed by atoms with Gasteiger partial charge in [-0.3, -0.25) is 19.7 Å². The number of nitrogens with one attached hydrogen (secondary N) is 1. The quantitative estimate of drug-likeness (QED) is 0.479. The van der Waals surface area contributed by atoms with Crippen LogP contribution in [0.15, 0.2) is 24.3 Å². The second-order valence-corrected chi connectivity index (χ2v) is 5.62. The molecule has 0 bridgehead atoms. The lowest BCUT2D eigenvalue weighted by Gasteiger charge is -2.49. The van der Waals surface area contributed by atoms with E-state index in [9.17, 15) is 9.59 Å². The maximum absolute atomic E-state index is 12.3. The van der Waals surface area contributed by atoms with Crippen molar-refractivity contribution in [1.29, 1.82) is 0 Å². The summed E-state index contributed by atoms with van der Waals surface area (Å²) in [7, 11) is 1.99. The molecule has 2 aliphatic heterocycles. The third kappa shape index (κ3) is 2.55. The Morgan fingerprint density at radius 1 is 1.48 bits per heavy atom. The van der Waals surface area contributed by atoms with Crippen LogP contribution in [0.1, 0.15) is 22.3 Å². The van der Waals surface area contributed by atoms with Crippen LogP contribution < -0.4 is 10.2 Å². The highest BCUT2D eigenvalue weighted by molar-refractivity contribution is 6.01. The molecule has 1 aromatic carbocycles. The van der Waals surface area contributed by atoms with Gasteiger partial charge >= 0.3 is 0 Å². The van der Waals surface area contributed by atoms with Crippen molar-refractivity contribution in [2.75, 3.05) is 20.1 Å². The first kappa shape index (κ1) is 13.8. The molecule has 110 valence electrons. The lowest BCUT2D eigenvalue weighted by molar-refractivity contribution is -0.124. The predicted molar refractivity (Wildman–Crippen MR) is 75.2 cm³/mol. The number of amides is 1. The maximum atomic E-state index is 12.3. The van der Waals surface area contributed by atoms with Gasteiger partial charge in [-0.25, -0.2) is 5.48 Å². The molecule has 0 aromatic heterocycles. The van der Waals surface area contributed by atoms with Crippen LogP contribution in [0.5, 0.6) is 5.75 Å². The van der Waals surface area contributed by atoms with Gasteiger partial charge in [0.05, 0.1) is 12.0 Å². The Morgan fingerprint density at radius 2 is 2.24 bits per heavy atom. The van der Waals surface area contributed by atoms with E-state index in [2.05, 4.69) is 4.90 Å². The van der Waals surface area contributed by atoms with Crippen molar-refractivity contribution in [3.8, 4) is 5.75 Å². The second-order valence-electron chi connectivity index (χ2n) is 5.62. The van der Waals surface area contributed by atoms with Gasteiger partial charge < -0.3 is 4.74 Å². The zero-order valence-electron chi connectivity index (χ0n) is 11.6. The van der Waals surface area contributed by atoms with Gasteiger partial charge in [0.1, 0.15) is 11.4 Å². The fraction of sp³-hybridized carbons (Fsp3) is 0.333. The molecular weight excluding hydrogens is 272 g/mol. The van der Waals surface area contributed by atoms with Gasteiger partial charge in [-0.05, 0) is 30.8 Å². The standard InChI is InChI=1S/C15H16N2O4/c1-17-8-15(9-17)7-12(18)11-6-10(2-4-13(11)21-15)3-5-14(19)16-20/h2-6,20H,7-9H2,1H3,(H,16,19)/b5-3+. The molecule has 6 nitrogen and oxygen atoms in total. The zero-order valence-corrected chi connectivity index (χ0v) is 11.6. The minimum Gasteiger partial charge on any atom is -0.483 e. The van der Waals surface area contributed by atoms with E-state index in [1.54, 1.807) is 18.2 Å². The summed E-state index contributed by atoms with van der Waals surface area (Å²) in [5.41, 5.74) is 2.39. The number of ketones is 1. The monoisotopic (exact) mass is 288 g/mol. The molecule has 2 heterocycles. The summed E-state index contributed by atoms with van der Waals surface area (Å²) >= 11 is 0. The second kappa shape index (κ2) is 4.98. The van der Waals surface area contributed by atoms with Gasteiger partial charge in [-0.1, -0.05) is 6.07 Å². The van der Waals surface area contributed by atoms with Crippen LogP contribution in [0.3, 0.4) is 0 Å². The third-order valence-corrected chi connectivity index (χ3v) is 3.77. The van der Waals surface area contributed by atoms with Gasteiger partial charge in [-0.15, -0.1) is 0 Å². The molecule has 0 radical (unpaired) electrons. The molecule has 0 atom stereocenters. The van der Waals surface area contributed by atoms with Crippen molar-refractivity contribution in [1.82, 2.24) is 10.4 Å². The Bertz CT molecular complexity index is 633. The van der Waals surface area contributed by atoms with Gasteiger partial charge in [0.15, 0.2) is 5.78 Å². The summed E-state index contributed by atoms with van der Waals surface area (Å²) in [5.74, 6) is 0.0427. The third-order valence-electron chi connectivity index (χ3n) is 3.77. The van der Waals surface area contributed by atoms with E-state index in [1.807, 2.05) is 7.05 Å². The maximum Gasteiger partial charge on any atom is 0.267 e. The zero-order chi connectivity index (χ0) is 15.0. The summed E-state index contributed by atoms with van der Waals surface area (Å²) in [6, 6.07) is 5.23. The molecule has 1 spiro atoms. The Kier molecular flexibility index (Phi) is 3.27. The lowest BCUT2D eigenvalue weighted by atomic mass is 9.84. The number of hydroxylamine groups is 1. The average molecular weight is 288 g/mol. The van der Waals surface area contributed by atoms with Crippen LogP contribution in [0, 0.1) is 0 Å². The number of nitrogens with zero attached hydrogens (tertiary/aromatic N) is 1. The number of Topliss-reactive ketones (excluding diaryl/α,β-unsaturated/α-hetero) is 1. The minimum absolute atomic E-state index is 0.0613. The first-order valence-corrected chi connectivity index (χ1v) is 6.68. The number of hydrogen-bond acceptors (Lipinski definition) is 5. The number of rotatable bonds is 2. The SMILES string of the molecule is CN1CC2(CC(=O)c3cc(/C=C/C(=O)NO)ccc3O2)C1. The highest BCUT2D eigenvalue weighted by Gasteiger charge is 2.48. The van der Waals surface area contributed by atoms with E-state index in [4.69, 9.17) is 9.94 Å². The number of ether oxygens (including phenoxy) is 1. The molecule has 3 rings (SSSR count). The number of likely N-dealkylation sites (N-methyl/N-ethyl adjacent to an activating group) is 1. The normalized spacial score (nSPS) is 20.0. The van der Waals surface area contributed by atoms with Crippen LogP contribution in [-0.4, -0.2) is 47.5 Å². The van der Waals surface area contributed by atoms with Crippen molar-refractivity contribution in [2.24, 2.45) is 0 Å². The van der Waals surface area contributed by atoms with Crippen molar-refractivity contribution in [2.45, 2.75) is 12.0 Å². The molecule has 1 saturated heterocycles. The van der Waals surface area contributed by atoms with E-state index < -0.39 is 5.91 Å². The highest BCUT2D eigenvalue weighted by Crippen LogP contribution is 2.38. The summed E-state index contributed by atoms with van der Waals surface area (Å²) < 4.78 is 5.99.